The number of aliphatic hydroxyl groups is 1. The standard InChI is InChI=1S/C12H15NO2/c1-2-3-8-13-10-7-5-4-6-9(10)11(14)12(13)15/h4-7,11,14H,2-3,8H2,1H3. The average Bonchev–Trinajstić information content (AvgIpc) is 2.51. The molecule has 1 aromatic rings. The number of aliphatic hydroxyl groups excluding tert-OH is 1. The molecule has 3 nitrogen and oxygen atoms in total. The predicted molar refractivity (Wildman–Crippen MR) is 58.7 cm³/mol. The van der Waals surface area contributed by atoms with E-state index in [1.807, 2.05) is 24.3 Å². The number of unbranched alkanes of at least 4 members (excludes halogenated alkanes) is 1. The Bertz CT molecular complexity index is 376. The first-order chi connectivity index (χ1) is 7.25. The Morgan fingerprint density at radius 1 is 1.40 bits per heavy atom. The van der Waals surface area contributed by atoms with Gasteiger partial charge in [0.05, 0.1) is 5.69 Å². The Morgan fingerprint density at radius 2 is 2.13 bits per heavy atom. The zero-order valence-electron chi connectivity index (χ0n) is 8.81. The van der Waals surface area contributed by atoms with Crippen molar-refractivity contribution in [3.05, 3.63) is 29.8 Å². The lowest BCUT2D eigenvalue weighted by molar-refractivity contribution is -0.125. The fourth-order valence-electron chi connectivity index (χ4n) is 1.91. The van der Waals surface area contributed by atoms with E-state index < -0.39 is 6.10 Å². The van der Waals surface area contributed by atoms with Crippen molar-refractivity contribution in [1.29, 1.82) is 0 Å². The molecular weight excluding hydrogens is 190 g/mol. The van der Waals surface area contributed by atoms with E-state index >= 15 is 0 Å². The minimum Gasteiger partial charge on any atom is -0.378 e. The quantitative estimate of drug-likeness (QED) is 0.818. The van der Waals surface area contributed by atoms with Crippen LogP contribution >= 0.6 is 0 Å². The first-order valence-electron chi connectivity index (χ1n) is 5.34. The van der Waals surface area contributed by atoms with E-state index in [2.05, 4.69) is 6.92 Å². The third-order valence-electron chi connectivity index (χ3n) is 2.76. The number of hydrogen-bond donors (Lipinski definition) is 1. The van der Waals surface area contributed by atoms with Crippen molar-refractivity contribution < 1.29 is 9.90 Å². The Hall–Kier alpha value is -1.35. The lowest BCUT2D eigenvalue weighted by Gasteiger charge is -2.16. The molecule has 0 bridgehead atoms. The lowest BCUT2D eigenvalue weighted by atomic mass is 10.1. The van der Waals surface area contributed by atoms with Crippen LogP contribution in [0.15, 0.2) is 24.3 Å². The molecule has 0 saturated heterocycles. The van der Waals surface area contributed by atoms with Crippen LogP contribution in [0.1, 0.15) is 31.4 Å². The molecule has 1 atom stereocenters. The monoisotopic (exact) mass is 205 g/mol. The van der Waals surface area contributed by atoms with Crippen molar-refractivity contribution in [2.75, 3.05) is 11.4 Å². The van der Waals surface area contributed by atoms with Crippen molar-refractivity contribution in [2.45, 2.75) is 25.9 Å². The van der Waals surface area contributed by atoms with Crippen molar-refractivity contribution in [3.8, 4) is 0 Å². The van der Waals surface area contributed by atoms with Gasteiger partial charge in [0.25, 0.3) is 5.91 Å². The summed E-state index contributed by atoms with van der Waals surface area (Å²) in [6.45, 7) is 2.78. The third kappa shape index (κ3) is 1.63. The molecule has 80 valence electrons. The number of amides is 1. The van der Waals surface area contributed by atoms with E-state index in [1.165, 1.54) is 0 Å². The molecule has 1 unspecified atom stereocenters. The first kappa shape index (κ1) is 10.2. The van der Waals surface area contributed by atoms with Gasteiger partial charge in [-0.15, -0.1) is 0 Å². The summed E-state index contributed by atoms with van der Waals surface area (Å²) in [5.74, 6) is -0.190. The number of carbonyl (C=O) groups excluding carboxylic acids is 1. The van der Waals surface area contributed by atoms with Crippen LogP contribution in [0.5, 0.6) is 0 Å². The fourth-order valence-corrected chi connectivity index (χ4v) is 1.91. The Kier molecular flexibility index (Phi) is 2.73. The average molecular weight is 205 g/mol. The van der Waals surface area contributed by atoms with Crippen LogP contribution in [-0.4, -0.2) is 17.6 Å². The number of benzene rings is 1. The second-order valence-corrected chi connectivity index (χ2v) is 3.80. The molecule has 15 heavy (non-hydrogen) atoms. The minimum atomic E-state index is -0.960. The van der Waals surface area contributed by atoms with E-state index in [9.17, 15) is 9.90 Å². The maximum atomic E-state index is 11.7. The second kappa shape index (κ2) is 4.03. The van der Waals surface area contributed by atoms with Crippen LogP contribution < -0.4 is 4.90 Å². The molecule has 2 rings (SSSR count). The molecule has 1 N–H and O–H groups in total. The fraction of sp³-hybridized carbons (Fsp3) is 0.417. The maximum Gasteiger partial charge on any atom is 0.260 e. The van der Waals surface area contributed by atoms with E-state index in [0.29, 0.717) is 6.54 Å². The van der Waals surface area contributed by atoms with Crippen LogP contribution in [0.25, 0.3) is 0 Å². The van der Waals surface area contributed by atoms with Crippen molar-refractivity contribution in [3.63, 3.8) is 0 Å². The predicted octanol–water partition coefficient (Wildman–Crippen LogP) is 1.87. The molecule has 1 aliphatic rings. The summed E-state index contributed by atoms with van der Waals surface area (Å²) in [6.07, 6.45) is 1.05. The van der Waals surface area contributed by atoms with Crippen molar-refractivity contribution >= 4 is 11.6 Å². The van der Waals surface area contributed by atoms with Gasteiger partial charge in [-0.3, -0.25) is 4.79 Å². The Balaban J connectivity index is 2.30. The summed E-state index contributed by atoms with van der Waals surface area (Å²) < 4.78 is 0. The molecule has 3 heteroatoms. The summed E-state index contributed by atoms with van der Waals surface area (Å²) in [7, 11) is 0. The summed E-state index contributed by atoms with van der Waals surface area (Å²) >= 11 is 0. The lowest BCUT2D eigenvalue weighted by Crippen LogP contribution is -2.29. The van der Waals surface area contributed by atoms with E-state index in [-0.39, 0.29) is 5.91 Å². The maximum absolute atomic E-state index is 11.7. The summed E-state index contributed by atoms with van der Waals surface area (Å²) in [6, 6.07) is 7.44. The van der Waals surface area contributed by atoms with Gasteiger partial charge in [0.2, 0.25) is 0 Å². The minimum absolute atomic E-state index is 0.190. The Morgan fingerprint density at radius 3 is 2.87 bits per heavy atom. The van der Waals surface area contributed by atoms with Gasteiger partial charge >= 0.3 is 0 Å². The molecule has 0 saturated carbocycles. The van der Waals surface area contributed by atoms with Crippen LogP contribution in [0, 0.1) is 0 Å². The number of para-hydroxylation sites is 1. The largest absolute Gasteiger partial charge is 0.378 e. The highest BCUT2D eigenvalue weighted by atomic mass is 16.3. The van der Waals surface area contributed by atoms with Gasteiger partial charge < -0.3 is 10.0 Å². The highest BCUT2D eigenvalue weighted by Crippen LogP contribution is 2.35. The molecule has 0 radical (unpaired) electrons. The van der Waals surface area contributed by atoms with Gasteiger partial charge in [-0.05, 0) is 12.5 Å². The van der Waals surface area contributed by atoms with Crippen LogP contribution in [0.3, 0.4) is 0 Å². The van der Waals surface area contributed by atoms with Gasteiger partial charge in [-0.1, -0.05) is 31.5 Å². The van der Waals surface area contributed by atoms with E-state index in [4.69, 9.17) is 0 Å². The highest BCUT2D eigenvalue weighted by molar-refractivity contribution is 6.03. The third-order valence-corrected chi connectivity index (χ3v) is 2.76. The Labute approximate surface area is 89.3 Å². The van der Waals surface area contributed by atoms with Crippen LogP contribution in [0.4, 0.5) is 5.69 Å². The number of carbonyl (C=O) groups is 1. The smallest absolute Gasteiger partial charge is 0.260 e. The van der Waals surface area contributed by atoms with Gasteiger partial charge in [0.1, 0.15) is 0 Å². The van der Waals surface area contributed by atoms with Gasteiger partial charge in [-0.25, -0.2) is 0 Å². The number of rotatable bonds is 3. The van der Waals surface area contributed by atoms with Crippen molar-refractivity contribution in [2.24, 2.45) is 0 Å². The SMILES string of the molecule is CCCCN1C(=O)C(O)c2ccccc21. The van der Waals surface area contributed by atoms with E-state index in [1.54, 1.807) is 4.90 Å². The van der Waals surface area contributed by atoms with Crippen LogP contribution in [0.2, 0.25) is 0 Å². The highest BCUT2D eigenvalue weighted by Gasteiger charge is 2.34. The number of nitrogens with zero attached hydrogens (tertiary/aromatic N) is 1. The molecule has 1 heterocycles. The van der Waals surface area contributed by atoms with Crippen LogP contribution in [-0.2, 0) is 4.79 Å². The molecule has 0 aromatic heterocycles. The zero-order valence-corrected chi connectivity index (χ0v) is 8.81. The molecular formula is C12H15NO2. The molecule has 0 fully saturated rings. The number of hydrogen-bond acceptors (Lipinski definition) is 2. The zero-order chi connectivity index (χ0) is 10.8. The second-order valence-electron chi connectivity index (χ2n) is 3.80. The summed E-state index contributed by atoms with van der Waals surface area (Å²) in [4.78, 5) is 13.4. The number of anilines is 1. The summed E-state index contributed by atoms with van der Waals surface area (Å²) in [5.41, 5.74) is 1.60. The van der Waals surface area contributed by atoms with Gasteiger partial charge in [0, 0.05) is 12.1 Å². The van der Waals surface area contributed by atoms with Gasteiger partial charge in [-0.2, -0.15) is 0 Å². The van der Waals surface area contributed by atoms with E-state index in [0.717, 1.165) is 24.1 Å². The van der Waals surface area contributed by atoms with Crippen molar-refractivity contribution in [1.82, 2.24) is 0 Å². The van der Waals surface area contributed by atoms with Gasteiger partial charge in [0.15, 0.2) is 6.10 Å². The molecule has 0 aliphatic carbocycles. The molecule has 1 amide bonds. The first-order valence-corrected chi connectivity index (χ1v) is 5.34. The molecule has 0 spiro atoms. The molecule has 1 aromatic carbocycles. The molecule has 1 aliphatic heterocycles. The normalized spacial score (nSPS) is 19.5. The summed E-state index contributed by atoms with van der Waals surface area (Å²) in [5, 5.41) is 9.73. The number of fused-ring (bicyclic) bond motifs is 1. The topological polar surface area (TPSA) is 40.5 Å².